The van der Waals surface area contributed by atoms with Crippen LogP contribution in [0.1, 0.15) is 0 Å². The van der Waals surface area contributed by atoms with Gasteiger partial charge in [0.25, 0.3) is 0 Å². The van der Waals surface area contributed by atoms with Crippen molar-refractivity contribution in [2.24, 2.45) is 0 Å². The number of fused-ring (bicyclic) bond motifs is 2. The van der Waals surface area contributed by atoms with Gasteiger partial charge in [0.15, 0.2) is 11.6 Å². The Balaban J connectivity index is 1.93. The molecule has 0 saturated carbocycles. The average Bonchev–Trinajstić information content (AvgIpc) is 2.92. The lowest BCUT2D eigenvalue weighted by Crippen LogP contribution is -2.18. The molecule has 0 unspecified atom stereocenters. The third-order valence-corrected chi connectivity index (χ3v) is 3.40. The number of benzene rings is 2. The number of imidazole rings is 1. The van der Waals surface area contributed by atoms with Crippen molar-refractivity contribution in [3.8, 4) is 17.1 Å². The normalized spacial score (nSPS) is 13.7. The third kappa shape index (κ3) is 1.63. The van der Waals surface area contributed by atoms with E-state index in [4.69, 9.17) is 4.74 Å². The summed E-state index contributed by atoms with van der Waals surface area (Å²) >= 11 is 0. The van der Waals surface area contributed by atoms with E-state index in [1.54, 1.807) is 6.07 Å². The van der Waals surface area contributed by atoms with Crippen LogP contribution in [0.25, 0.3) is 22.4 Å². The zero-order valence-electron chi connectivity index (χ0n) is 10.6. The Labute approximate surface area is 114 Å². The quantitative estimate of drug-likeness (QED) is 0.713. The molecule has 1 aliphatic rings. The molecule has 1 aromatic heterocycles. The predicted molar refractivity (Wildman–Crippen MR) is 75.5 cm³/mol. The number of rotatable bonds is 1. The number of nitrogens with one attached hydrogen (secondary N) is 2. The molecule has 2 N–H and O–H groups in total. The van der Waals surface area contributed by atoms with Gasteiger partial charge in [-0.3, -0.25) is 0 Å². The number of anilines is 1. The van der Waals surface area contributed by atoms with Gasteiger partial charge in [-0.15, -0.1) is 0 Å². The number of hydrogen-bond donors (Lipinski definition) is 2. The summed E-state index contributed by atoms with van der Waals surface area (Å²) in [6, 6.07) is 10.7. The van der Waals surface area contributed by atoms with Crippen molar-refractivity contribution in [1.29, 1.82) is 0 Å². The Hall–Kier alpha value is -2.56. The molecule has 0 spiro atoms. The average molecular weight is 269 g/mol. The summed E-state index contributed by atoms with van der Waals surface area (Å²) in [4.78, 5) is 7.50. The molecule has 4 nitrogen and oxygen atoms in total. The molecular formula is C15H12FN3O. The largest absolute Gasteiger partial charge is 0.489 e. The van der Waals surface area contributed by atoms with Crippen molar-refractivity contribution in [2.75, 3.05) is 18.5 Å². The standard InChI is InChI=1S/C15H12FN3O/c16-10-4-2-5-11-13(10)19-15(18-11)9-3-1-6-12-14(9)20-8-7-17-12/h1-6,17H,7-8H2,(H,18,19). The first kappa shape index (κ1) is 11.3. The van der Waals surface area contributed by atoms with Crippen LogP contribution in [-0.2, 0) is 0 Å². The van der Waals surface area contributed by atoms with Crippen LogP contribution in [0.4, 0.5) is 10.1 Å². The monoisotopic (exact) mass is 269 g/mol. The molecule has 2 heterocycles. The number of aromatic nitrogens is 2. The molecule has 0 amide bonds. The summed E-state index contributed by atoms with van der Waals surface area (Å²) in [5.74, 6) is 1.05. The Kier molecular flexibility index (Phi) is 2.39. The summed E-state index contributed by atoms with van der Waals surface area (Å²) in [6.07, 6.45) is 0. The maximum atomic E-state index is 13.7. The van der Waals surface area contributed by atoms with Crippen molar-refractivity contribution in [3.05, 3.63) is 42.2 Å². The summed E-state index contributed by atoms with van der Waals surface area (Å²) in [7, 11) is 0. The lowest BCUT2D eigenvalue weighted by molar-refractivity contribution is 0.324. The van der Waals surface area contributed by atoms with Crippen LogP contribution in [0.5, 0.6) is 5.75 Å². The molecule has 20 heavy (non-hydrogen) atoms. The summed E-state index contributed by atoms with van der Waals surface area (Å²) in [6.45, 7) is 1.39. The van der Waals surface area contributed by atoms with Crippen molar-refractivity contribution in [3.63, 3.8) is 0 Å². The zero-order chi connectivity index (χ0) is 13.5. The topological polar surface area (TPSA) is 49.9 Å². The van der Waals surface area contributed by atoms with E-state index >= 15 is 0 Å². The minimum atomic E-state index is -0.325. The van der Waals surface area contributed by atoms with Gasteiger partial charge in [-0.25, -0.2) is 9.37 Å². The van der Waals surface area contributed by atoms with Crippen molar-refractivity contribution < 1.29 is 9.13 Å². The molecule has 5 heteroatoms. The van der Waals surface area contributed by atoms with Crippen molar-refractivity contribution >= 4 is 16.7 Å². The summed E-state index contributed by atoms with van der Waals surface area (Å²) < 4.78 is 19.4. The van der Waals surface area contributed by atoms with E-state index < -0.39 is 0 Å². The summed E-state index contributed by atoms with van der Waals surface area (Å²) in [5, 5.41) is 3.28. The first-order valence-corrected chi connectivity index (χ1v) is 6.47. The van der Waals surface area contributed by atoms with Crippen LogP contribution in [-0.4, -0.2) is 23.1 Å². The fourth-order valence-electron chi connectivity index (χ4n) is 2.48. The van der Waals surface area contributed by atoms with E-state index in [-0.39, 0.29) is 5.82 Å². The number of para-hydroxylation sites is 2. The van der Waals surface area contributed by atoms with Crippen LogP contribution in [0.2, 0.25) is 0 Å². The Bertz CT molecular complexity index is 797. The highest BCUT2D eigenvalue weighted by Gasteiger charge is 2.18. The van der Waals surface area contributed by atoms with Gasteiger partial charge in [0.2, 0.25) is 0 Å². The van der Waals surface area contributed by atoms with E-state index in [0.717, 1.165) is 23.5 Å². The molecule has 4 rings (SSSR count). The second-order valence-corrected chi connectivity index (χ2v) is 4.68. The van der Waals surface area contributed by atoms with Gasteiger partial charge in [-0.2, -0.15) is 0 Å². The van der Waals surface area contributed by atoms with Gasteiger partial charge in [-0.1, -0.05) is 12.1 Å². The van der Waals surface area contributed by atoms with E-state index in [0.29, 0.717) is 23.5 Å². The molecule has 2 aromatic carbocycles. The van der Waals surface area contributed by atoms with Gasteiger partial charge in [-0.05, 0) is 24.3 Å². The number of halogens is 1. The number of ether oxygens (including phenoxy) is 1. The van der Waals surface area contributed by atoms with E-state index in [1.807, 2.05) is 24.3 Å². The highest BCUT2D eigenvalue weighted by atomic mass is 19.1. The first-order valence-electron chi connectivity index (χ1n) is 6.47. The maximum absolute atomic E-state index is 13.7. The van der Waals surface area contributed by atoms with Gasteiger partial charge in [0.1, 0.15) is 17.9 Å². The van der Waals surface area contributed by atoms with Crippen molar-refractivity contribution in [2.45, 2.75) is 0 Å². The van der Waals surface area contributed by atoms with Gasteiger partial charge in [0.05, 0.1) is 16.8 Å². The fraction of sp³-hybridized carbons (Fsp3) is 0.133. The van der Waals surface area contributed by atoms with Crippen LogP contribution >= 0.6 is 0 Å². The van der Waals surface area contributed by atoms with Crippen LogP contribution in [0.15, 0.2) is 36.4 Å². The molecule has 1 aliphatic heterocycles. The molecule has 0 aliphatic carbocycles. The predicted octanol–water partition coefficient (Wildman–Crippen LogP) is 3.17. The fourth-order valence-corrected chi connectivity index (χ4v) is 2.48. The molecule has 0 fully saturated rings. The second-order valence-electron chi connectivity index (χ2n) is 4.68. The van der Waals surface area contributed by atoms with E-state index in [9.17, 15) is 4.39 Å². The highest BCUT2D eigenvalue weighted by Crippen LogP contribution is 2.37. The molecule has 0 saturated heterocycles. The smallest absolute Gasteiger partial charge is 0.153 e. The number of hydrogen-bond acceptors (Lipinski definition) is 3. The Morgan fingerprint density at radius 3 is 2.95 bits per heavy atom. The van der Waals surface area contributed by atoms with Crippen LogP contribution in [0.3, 0.4) is 0 Å². The Morgan fingerprint density at radius 1 is 1.15 bits per heavy atom. The minimum absolute atomic E-state index is 0.325. The highest BCUT2D eigenvalue weighted by molar-refractivity contribution is 5.83. The van der Waals surface area contributed by atoms with Crippen molar-refractivity contribution in [1.82, 2.24) is 9.97 Å². The number of aromatic amines is 1. The molecule has 0 radical (unpaired) electrons. The van der Waals surface area contributed by atoms with Crippen LogP contribution < -0.4 is 10.1 Å². The van der Waals surface area contributed by atoms with E-state index in [2.05, 4.69) is 15.3 Å². The molecular weight excluding hydrogens is 257 g/mol. The molecule has 3 aromatic rings. The number of H-pyrrole nitrogens is 1. The lowest BCUT2D eigenvalue weighted by Gasteiger charge is -2.20. The molecule has 0 atom stereocenters. The van der Waals surface area contributed by atoms with Gasteiger partial charge >= 0.3 is 0 Å². The van der Waals surface area contributed by atoms with Gasteiger partial charge in [0, 0.05) is 6.54 Å². The SMILES string of the molecule is Fc1cccc2[nH]c(-c3cccc4c3OCCN4)nc12. The lowest BCUT2D eigenvalue weighted by atomic mass is 10.1. The van der Waals surface area contributed by atoms with Crippen LogP contribution in [0, 0.1) is 5.82 Å². The Morgan fingerprint density at radius 2 is 2.05 bits per heavy atom. The third-order valence-electron chi connectivity index (χ3n) is 3.40. The number of nitrogens with zero attached hydrogens (tertiary/aromatic N) is 1. The van der Waals surface area contributed by atoms with E-state index in [1.165, 1.54) is 6.07 Å². The minimum Gasteiger partial charge on any atom is -0.489 e. The summed E-state index contributed by atoms with van der Waals surface area (Å²) in [5.41, 5.74) is 2.81. The molecule has 0 bridgehead atoms. The first-order chi connectivity index (χ1) is 9.83. The molecule has 100 valence electrons. The maximum Gasteiger partial charge on any atom is 0.153 e. The van der Waals surface area contributed by atoms with Gasteiger partial charge < -0.3 is 15.0 Å². The zero-order valence-corrected chi connectivity index (χ0v) is 10.6. The second kappa shape index (κ2) is 4.23.